The van der Waals surface area contributed by atoms with Gasteiger partial charge in [0.1, 0.15) is 5.75 Å². The Morgan fingerprint density at radius 1 is 1.10 bits per heavy atom. The SMILES string of the molecule is c1ccc(OCCC2(CNC3CC3)CC3CCC2C3)cc1. The molecule has 1 N–H and O–H groups in total. The van der Waals surface area contributed by atoms with Crippen LogP contribution in [-0.4, -0.2) is 19.2 Å². The van der Waals surface area contributed by atoms with Crippen molar-refractivity contribution in [2.24, 2.45) is 17.3 Å². The van der Waals surface area contributed by atoms with E-state index >= 15 is 0 Å². The minimum atomic E-state index is 0.528. The van der Waals surface area contributed by atoms with Gasteiger partial charge in [-0.15, -0.1) is 0 Å². The summed E-state index contributed by atoms with van der Waals surface area (Å²) in [5.74, 6) is 2.98. The fourth-order valence-corrected chi connectivity index (χ4v) is 4.69. The molecule has 1 aromatic rings. The Morgan fingerprint density at radius 2 is 1.95 bits per heavy atom. The number of nitrogens with one attached hydrogen (secondary N) is 1. The summed E-state index contributed by atoms with van der Waals surface area (Å²) in [5, 5.41) is 3.82. The van der Waals surface area contributed by atoms with E-state index < -0.39 is 0 Å². The quantitative estimate of drug-likeness (QED) is 0.817. The first-order chi connectivity index (χ1) is 10.3. The van der Waals surface area contributed by atoms with E-state index in [1.54, 1.807) is 0 Å². The molecule has 2 bridgehead atoms. The molecule has 0 heterocycles. The third-order valence-electron chi connectivity index (χ3n) is 6.03. The Kier molecular flexibility index (Phi) is 3.66. The first-order valence-corrected chi connectivity index (χ1v) is 8.75. The Labute approximate surface area is 128 Å². The van der Waals surface area contributed by atoms with Gasteiger partial charge < -0.3 is 10.1 Å². The number of ether oxygens (including phenoxy) is 1. The summed E-state index contributed by atoms with van der Waals surface area (Å²) in [5.41, 5.74) is 0.528. The average molecular weight is 285 g/mol. The molecule has 3 saturated carbocycles. The molecule has 3 aliphatic rings. The lowest BCUT2D eigenvalue weighted by Gasteiger charge is -2.38. The first kappa shape index (κ1) is 13.6. The predicted octanol–water partition coefficient (Wildman–Crippen LogP) is 4.01. The molecule has 0 aliphatic heterocycles. The van der Waals surface area contributed by atoms with Crippen LogP contribution in [0.2, 0.25) is 0 Å². The molecule has 3 atom stereocenters. The van der Waals surface area contributed by atoms with Crippen LogP contribution in [0.4, 0.5) is 0 Å². The van der Waals surface area contributed by atoms with Crippen molar-refractivity contribution >= 4 is 0 Å². The molecular formula is C19H27NO. The Balaban J connectivity index is 1.36. The highest BCUT2D eigenvalue weighted by Crippen LogP contribution is 2.57. The second kappa shape index (κ2) is 5.64. The summed E-state index contributed by atoms with van der Waals surface area (Å²) in [6, 6.07) is 11.1. The van der Waals surface area contributed by atoms with Crippen molar-refractivity contribution in [1.29, 1.82) is 0 Å². The van der Waals surface area contributed by atoms with Gasteiger partial charge in [-0.1, -0.05) is 24.6 Å². The minimum Gasteiger partial charge on any atom is -0.494 e. The molecule has 1 aromatic carbocycles. The van der Waals surface area contributed by atoms with Crippen LogP contribution in [0.5, 0.6) is 5.75 Å². The van der Waals surface area contributed by atoms with E-state index in [2.05, 4.69) is 29.6 Å². The van der Waals surface area contributed by atoms with E-state index in [1.165, 1.54) is 51.5 Å². The summed E-state index contributed by atoms with van der Waals surface area (Å²) in [4.78, 5) is 0. The average Bonchev–Trinajstić information content (AvgIpc) is 3.14. The van der Waals surface area contributed by atoms with Crippen LogP contribution in [0.3, 0.4) is 0 Å². The molecule has 2 nitrogen and oxygen atoms in total. The van der Waals surface area contributed by atoms with E-state index in [9.17, 15) is 0 Å². The van der Waals surface area contributed by atoms with Crippen LogP contribution in [0.25, 0.3) is 0 Å². The molecule has 0 amide bonds. The van der Waals surface area contributed by atoms with Gasteiger partial charge >= 0.3 is 0 Å². The van der Waals surface area contributed by atoms with Gasteiger partial charge in [0.05, 0.1) is 6.61 Å². The highest BCUT2D eigenvalue weighted by Gasteiger charge is 2.50. The van der Waals surface area contributed by atoms with Crippen molar-refractivity contribution in [2.75, 3.05) is 13.2 Å². The standard InChI is InChI=1S/C19H27NO/c1-2-4-18(5-3-1)21-11-10-19(14-20-17-8-9-17)13-15-6-7-16(19)12-15/h1-5,15-17,20H,6-14H2. The van der Waals surface area contributed by atoms with Gasteiger partial charge in [0, 0.05) is 12.6 Å². The summed E-state index contributed by atoms with van der Waals surface area (Å²) in [6.45, 7) is 2.11. The molecule has 21 heavy (non-hydrogen) atoms. The molecule has 3 fully saturated rings. The van der Waals surface area contributed by atoms with Gasteiger partial charge in [-0.2, -0.15) is 0 Å². The zero-order valence-corrected chi connectivity index (χ0v) is 12.9. The van der Waals surface area contributed by atoms with Crippen molar-refractivity contribution in [1.82, 2.24) is 5.32 Å². The first-order valence-electron chi connectivity index (χ1n) is 8.75. The van der Waals surface area contributed by atoms with Crippen LogP contribution >= 0.6 is 0 Å². The van der Waals surface area contributed by atoms with Crippen molar-refractivity contribution in [3.63, 3.8) is 0 Å². The largest absolute Gasteiger partial charge is 0.494 e. The number of fused-ring (bicyclic) bond motifs is 2. The molecule has 4 rings (SSSR count). The number of para-hydroxylation sites is 1. The maximum absolute atomic E-state index is 6.00. The normalized spacial score (nSPS) is 34.3. The van der Waals surface area contributed by atoms with Gasteiger partial charge in [0.2, 0.25) is 0 Å². The van der Waals surface area contributed by atoms with Crippen LogP contribution in [0.15, 0.2) is 30.3 Å². The maximum atomic E-state index is 6.00. The summed E-state index contributed by atoms with van der Waals surface area (Å²) >= 11 is 0. The molecule has 2 heteroatoms. The lowest BCUT2D eigenvalue weighted by molar-refractivity contribution is 0.114. The monoisotopic (exact) mass is 285 g/mol. The van der Waals surface area contributed by atoms with Crippen molar-refractivity contribution < 1.29 is 4.74 Å². The predicted molar refractivity (Wildman–Crippen MR) is 85.5 cm³/mol. The lowest BCUT2D eigenvalue weighted by atomic mass is 9.71. The Bertz CT molecular complexity index is 470. The van der Waals surface area contributed by atoms with Crippen LogP contribution in [0, 0.1) is 17.3 Å². The zero-order valence-electron chi connectivity index (χ0n) is 12.9. The highest BCUT2D eigenvalue weighted by atomic mass is 16.5. The topological polar surface area (TPSA) is 21.3 Å². The number of rotatable bonds is 7. The van der Waals surface area contributed by atoms with E-state index in [0.29, 0.717) is 5.41 Å². The van der Waals surface area contributed by atoms with Gasteiger partial charge in [-0.3, -0.25) is 0 Å². The Morgan fingerprint density at radius 3 is 2.62 bits per heavy atom. The van der Waals surface area contributed by atoms with Crippen molar-refractivity contribution in [2.45, 2.75) is 51.0 Å². The molecular weight excluding hydrogens is 258 g/mol. The zero-order chi connectivity index (χ0) is 14.1. The molecule has 0 spiro atoms. The van der Waals surface area contributed by atoms with Gasteiger partial charge in [0.15, 0.2) is 0 Å². The second-order valence-electron chi connectivity index (χ2n) is 7.51. The lowest BCUT2D eigenvalue weighted by Crippen LogP contribution is -2.40. The van der Waals surface area contributed by atoms with E-state index in [-0.39, 0.29) is 0 Å². The smallest absolute Gasteiger partial charge is 0.119 e. The third kappa shape index (κ3) is 2.96. The van der Waals surface area contributed by atoms with Gasteiger partial charge in [0.25, 0.3) is 0 Å². The van der Waals surface area contributed by atoms with Crippen LogP contribution in [-0.2, 0) is 0 Å². The van der Waals surface area contributed by atoms with Crippen molar-refractivity contribution in [3.8, 4) is 5.75 Å². The summed E-state index contributed by atoms with van der Waals surface area (Å²) < 4.78 is 6.00. The molecule has 0 saturated heterocycles. The van der Waals surface area contributed by atoms with E-state index in [0.717, 1.165) is 30.2 Å². The fraction of sp³-hybridized carbons (Fsp3) is 0.684. The second-order valence-corrected chi connectivity index (χ2v) is 7.51. The molecule has 114 valence electrons. The Hall–Kier alpha value is -1.02. The molecule has 0 radical (unpaired) electrons. The maximum Gasteiger partial charge on any atom is 0.119 e. The fourth-order valence-electron chi connectivity index (χ4n) is 4.69. The third-order valence-corrected chi connectivity index (χ3v) is 6.03. The van der Waals surface area contributed by atoms with E-state index in [1.807, 2.05) is 6.07 Å². The summed E-state index contributed by atoms with van der Waals surface area (Å²) in [6.07, 6.45) is 9.88. The van der Waals surface area contributed by atoms with Crippen LogP contribution in [0.1, 0.15) is 44.9 Å². The molecule has 0 aromatic heterocycles. The van der Waals surface area contributed by atoms with Crippen molar-refractivity contribution in [3.05, 3.63) is 30.3 Å². The highest BCUT2D eigenvalue weighted by molar-refractivity contribution is 5.20. The number of hydrogen-bond donors (Lipinski definition) is 1. The minimum absolute atomic E-state index is 0.528. The van der Waals surface area contributed by atoms with Gasteiger partial charge in [-0.05, 0) is 67.9 Å². The molecule has 3 unspecified atom stereocenters. The summed E-state index contributed by atoms with van der Waals surface area (Å²) in [7, 11) is 0. The van der Waals surface area contributed by atoms with E-state index in [4.69, 9.17) is 4.74 Å². The molecule has 3 aliphatic carbocycles. The van der Waals surface area contributed by atoms with Crippen LogP contribution < -0.4 is 10.1 Å². The number of hydrogen-bond acceptors (Lipinski definition) is 2. The number of benzene rings is 1. The van der Waals surface area contributed by atoms with Gasteiger partial charge in [-0.25, -0.2) is 0 Å².